The number of allylic oxidation sites excluding steroid dienone is 3. The fraction of sp³-hybridized carbons (Fsp3) is 0.214. The first-order valence-electron chi connectivity index (χ1n) is 11.6. The van der Waals surface area contributed by atoms with Crippen molar-refractivity contribution in [2.24, 2.45) is 0 Å². The van der Waals surface area contributed by atoms with Gasteiger partial charge >= 0.3 is 0 Å². The minimum atomic E-state index is -0.611. The molecule has 0 fully saturated rings. The largest absolute Gasteiger partial charge is 0.504 e. The number of amides is 1. The highest BCUT2D eigenvalue weighted by Gasteiger charge is 2.41. The number of ether oxygens (including phenoxy) is 1. The lowest BCUT2D eigenvalue weighted by molar-refractivity contribution is -0.116. The molecule has 2 atom stereocenters. The molecule has 2 aromatic carbocycles. The molecule has 3 aromatic rings. The molecule has 184 valence electrons. The molecule has 1 amide bonds. The third-order valence-electron chi connectivity index (χ3n) is 6.66. The predicted molar refractivity (Wildman–Crippen MR) is 142 cm³/mol. The summed E-state index contributed by atoms with van der Waals surface area (Å²) in [6.45, 7) is 1.85. The standard InChI is InChI=1S/C28H25ClN2O4S/c1-15-25(28(34)31-19-8-6-18(29)7-9-19)26(16-5-10-21(32)23(14-16)35-2)27-20(30-15)12-17(13-22(27)33)24-4-3-11-36-24/h3-11,14,17,26,30,32H,12-13H2,1-2H3,(H,31,34). The van der Waals surface area contributed by atoms with Gasteiger partial charge in [-0.05, 0) is 66.8 Å². The van der Waals surface area contributed by atoms with Gasteiger partial charge in [0.05, 0.1) is 7.11 Å². The quantitative estimate of drug-likeness (QED) is 0.377. The van der Waals surface area contributed by atoms with Crippen LogP contribution in [0.3, 0.4) is 0 Å². The van der Waals surface area contributed by atoms with Crippen LogP contribution in [0.1, 0.15) is 42.0 Å². The van der Waals surface area contributed by atoms with E-state index < -0.39 is 5.92 Å². The van der Waals surface area contributed by atoms with Gasteiger partial charge in [0, 0.05) is 56.4 Å². The number of aromatic hydroxyl groups is 1. The smallest absolute Gasteiger partial charge is 0.254 e. The van der Waals surface area contributed by atoms with Crippen LogP contribution < -0.4 is 15.4 Å². The van der Waals surface area contributed by atoms with E-state index in [9.17, 15) is 14.7 Å². The molecule has 1 aliphatic carbocycles. The first kappa shape index (κ1) is 24.2. The summed E-state index contributed by atoms with van der Waals surface area (Å²) in [7, 11) is 1.47. The van der Waals surface area contributed by atoms with Crippen LogP contribution in [0.5, 0.6) is 11.5 Å². The molecule has 0 saturated heterocycles. The van der Waals surface area contributed by atoms with Crippen LogP contribution in [0.2, 0.25) is 5.02 Å². The number of phenolic OH excluding ortho intramolecular Hbond substituents is 1. The predicted octanol–water partition coefficient (Wildman–Crippen LogP) is 6.12. The lowest BCUT2D eigenvalue weighted by Gasteiger charge is -2.36. The van der Waals surface area contributed by atoms with Crippen molar-refractivity contribution < 1.29 is 19.4 Å². The van der Waals surface area contributed by atoms with Crippen molar-refractivity contribution in [1.29, 1.82) is 0 Å². The van der Waals surface area contributed by atoms with Crippen molar-refractivity contribution in [3.63, 3.8) is 0 Å². The Labute approximate surface area is 218 Å². The van der Waals surface area contributed by atoms with Crippen molar-refractivity contribution in [3.8, 4) is 11.5 Å². The van der Waals surface area contributed by atoms with Gasteiger partial charge < -0.3 is 20.5 Å². The molecule has 2 aliphatic rings. The van der Waals surface area contributed by atoms with E-state index in [1.165, 1.54) is 18.1 Å². The molecule has 2 heterocycles. The number of methoxy groups -OCH3 is 1. The maximum atomic E-state index is 13.7. The number of phenols is 1. The molecule has 8 heteroatoms. The Morgan fingerprint density at radius 2 is 1.94 bits per heavy atom. The van der Waals surface area contributed by atoms with Crippen LogP contribution in [-0.4, -0.2) is 23.9 Å². The van der Waals surface area contributed by atoms with Crippen molar-refractivity contribution >= 4 is 40.3 Å². The SMILES string of the molecule is COc1cc(C2C(C(=O)Nc3ccc(Cl)cc3)=C(C)NC3=C2C(=O)CC(c2cccs2)C3)ccc1O. The van der Waals surface area contributed by atoms with Crippen LogP contribution in [0.4, 0.5) is 5.69 Å². The van der Waals surface area contributed by atoms with Crippen molar-refractivity contribution in [2.75, 3.05) is 12.4 Å². The Morgan fingerprint density at radius 1 is 1.17 bits per heavy atom. The number of ketones is 1. The zero-order valence-electron chi connectivity index (χ0n) is 19.8. The third-order valence-corrected chi connectivity index (χ3v) is 7.94. The second-order valence-electron chi connectivity index (χ2n) is 8.92. The van der Waals surface area contributed by atoms with Crippen LogP contribution in [0, 0.1) is 0 Å². The van der Waals surface area contributed by atoms with Gasteiger partial charge in [-0.25, -0.2) is 0 Å². The first-order chi connectivity index (χ1) is 17.4. The number of rotatable bonds is 5. The minimum absolute atomic E-state index is 0.00323. The second kappa shape index (κ2) is 9.84. The number of benzene rings is 2. The number of Topliss-reactive ketones (excluding diaryl/α,β-unsaturated/α-hetero) is 1. The van der Waals surface area contributed by atoms with Gasteiger partial charge in [0.2, 0.25) is 0 Å². The summed E-state index contributed by atoms with van der Waals surface area (Å²) in [6, 6.07) is 15.9. The number of hydrogen-bond donors (Lipinski definition) is 3. The Kier molecular flexibility index (Phi) is 6.60. The summed E-state index contributed by atoms with van der Waals surface area (Å²) in [5.74, 6) is -0.564. The number of thiophene rings is 1. The maximum Gasteiger partial charge on any atom is 0.254 e. The summed E-state index contributed by atoms with van der Waals surface area (Å²) in [5.41, 5.74) is 3.84. The van der Waals surface area contributed by atoms with Crippen molar-refractivity contribution in [2.45, 2.75) is 31.6 Å². The normalized spacial score (nSPS) is 19.6. The van der Waals surface area contributed by atoms with E-state index >= 15 is 0 Å². The summed E-state index contributed by atoms with van der Waals surface area (Å²) < 4.78 is 5.34. The van der Waals surface area contributed by atoms with Crippen molar-refractivity contribution in [1.82, 2.24) is 5.32 Å². The van der Waals surface area contributed by atoms with Gasteiger partial charge in [-0.2, -0.15) is 0 Å². The van der Waals surface area contributed by atoms with Crippen LogP contribution in [0.15, 0.2) is 82.5 Å². The molecular formula is C28H25ClN2O4S. The van der Waals surface area contributed by atoms with E-state index in [2.05, 4.69) is 16.7 Å². The zero-order chi connectivity index (χ0) is 25.4. The van der Waals surface area contributed by atoms with Gasteiger partial charge in [0.15, 0.2) is 17.3 Å². The number of anilines is 1. The fourth-order valence-electron chi connectivity index (χ4n) is 5.00. The monoisotopic (exact) mass is 520 g/mol. The van der Waals surface area contributed by atoms with Crippen LogP contribution in [-0.2, 0) is 9.59 Å². The van der Waals surface area contributed by atoms with Gasteiger partial charge in [-0.3, -0.25) is 9.59 Å². The number of halogens is 1. The number of hydrogen-bond acceptors (Lipinski definition) is 6. The lowest BCUT2D eigenvalue weighted by Crippen LogP contribution is -2.37. The van der Waals surface area contributed by atoms with Gasteiger partial charge in [-0.15, -0.1) is 11.3 Å². The van der Waals surface area contributed by atoms with E-state index in [1.807, 2.05) is 18.4 Å². The van der Waals surface area contributed by atoms with Crippen LogP contribution >= 0.6 is 22.9 Å². The van der Waals surface area contributed by atoms with E-state index in [-0.39, 0.29) is 29.1 Å². The molecule has 0 bridgehead atoms. The molecule has 1 aliphatic heterocycles. The van der Waals surface area contributed by atoms with E-state index in [4.69, 9.17) is 16.3 Å². The molecule has 2 unspecified atom stereocenters. The number of nitrogens with one attached hydrogen (secondary N) is 2. The topological polar surface area (TPSA) is 87.7 Å². The molecular weight excluding hydrogens is 496 g/mol. The Morgan fingerprint density at radius 3 is 2.64 bits per heavy atom. The molecule has 3 N–H and O–H groups in total. The van der Waals surface area contributed by atoms with Crippen LogP contribution in [0.25, 0.3) is 0 Å². The van der Waals surface area contributed by atoms with Gasteiger partial charge in [-0.1, -0.05) is 23.7 Å². The summed E-state index contributed by atoms with van der Waals surface area (Å²) in [6.07, 6.45) is 1.05. The molecule has 36 heavy (non-hydrogen) atoms. The minimum Gasteiger partial charge on any atom is -0.504 e. The summed E-state index contributed by atoms with van der Waals surface area (Å²) in [4.78, 5) is 28.5. The average molecular weight is 521 g/mol. The second-order valence-corrected chi connectivity index (χ2v) is 10.3. The van der Waals surface area contributed by atoms with E-state index in [1.54, 1.807) is 47.7 Å². The highest BCUT2D eigenvalue weighted by molar-refractivity contribution is 7.10. The zero-order valence-corrected chi connectivity index (χ0v) is 21.4. The fourth-order valence-corrected chi connectivity index (χ4v) is 5.96. The molecule has 0 radical (unpaired) electrons. The highest BCUT2D eigenvalue weighted by Crippen LogP contribution is 2.47. The molecule has 0 saturated carbocycles. The lowest BCUT2D eigenvalue weighted by atomic mass is 9.72. The Bertz CT molecular complexity index is 1390. The Balaban J connectivity index is 1.59. The number of carbonyl (C=O) groups excluding carboxylic acids is 2. The average Bonchev–Trinajstić information content (AvgIpc) is 3.40. The number of dihydropyridines is 1. The summed E-state index contributed by atoms with van der Waals surface area (Å²) in [5, 5.41) is 19.1. The molecule has 1 aromatic heterocycles. The molecule has 0 spiro atoms. The van der Waals surface area contributed by atoms with Crippen molar-refractivity contribution in [3.05, 3.63) is 98.0 Å². The van der Waals surface area contributed by atoms with Gasteiger partial charge in [0.1, 0.15) is 0 Å². The Hall–Kier alpha value is -3.55. The highest BCUT2D eigenvalue weighted by atomic mass is 35.5. The maximum absolute atomic E-state index is 13.7. The first-order valence-corrected chi connectivity index (χ1v) is 12.8. The third kappa shape index (κ3) is 4.52. The van der Waals surface area contributed by atoms with E-state index in [0.717, 1.165) is 5.70 Å². The number of carbonyl (C=O) groups is 2. The molecule has 5 rings (SSSR count). The summed E-state index contributed by atoms with van der Waals surface area (Å²) >= 11 is 7.65. The molecule has 6 nitrogen and oxygen atoms in total. The van der Waals surface area contributed by atoms with Gasteiger partial charge in [0.25, 0.3) is 5.91 Å². The van der Waals surface area contributed by atoms with E-state index in [0.29, 0.717) is 46.0 Å².